The lowest BCUT2D eigenvalue weighted by atomic mass is 10.1. The van der Waals surface area contributed by atoms with E-state index in [1.54, 1.807) is 0 Å². The van der Waals surface area contributed by atoms with Crippen molar-refractivity contribution in [3.8, 4) is 11.5 Å². The summed E-state index contributed by atoms with van der Waals surface area (Å²) in [6.07, 6.45) is 8.44. The lowest BCUT2D eigenvalue weighted by Gasteiger charge is -2.21. The van der Waals surface area contributed by atoms with E-state index in [0.717, 1.165) is 29.7 Å². The van der Waals surface area contributed by atoms with E-state index >= 15 is 0 Å². The van der Waals surface area contributed by atoms with Gasteiger partial charge in [-0.3, -0.25) is 0 Å². The zero-order chi connectivity index (χ0) is 21.8. The first-order chi connectivity index (χ1) is 15.4. The standard InChI is InChI=1S/C24H39BrO6/c25-12-8-4-2-1-3-5-9-22-21-29-18-17-27-14-13-26-15-16-28-19-20-30-23-10-6-7-11-24(23)31-22/h6-7,10-11,22H,1-5,8-9,12-21H2. The van der Waals surface area contributed by atoms with Crippen molar-refractivity contribution in [1.29, 1.82) is 0 Å². The van der Waals surface area contributed by atoms with Crippen LogP contribution in [0.5, 0.6) is 11.5 Å². The molecule has 1 unspecified atom stereocenters. The van der Waals surface area contributed by atoms with Crippen LogP contribution in [-0.2, 0) is 18.9 Å². The minimum absolute atomic E-state index is 0.00856. The largest absolute Gasteiger partial charge is 0.487 e. The van der Waals surface area contributed by atoms with Gasteiger partial charge < -0.3 is 28.4 Å². The lowest BCUT2D eigenvalue weighted by Crippen LogP contribution is -2.25. The Hall–Kier alpha value is -0.860. The summed E-state index contributed by atoms with van der Waals surface area (Å²) in [6.45, 7) is 4.85. The van der Waals surface area contributed by atoms with Gasteiger partial charge in [0, 0.05) is 5.33 Å². The van der Waals surface area contributed by atoms with E-state index in [9.17, 15) is 0 Å². The molecule has 0 radical (unpaired) electrons. The Morgan fingerprint density at radius 2 is 1.19 bits per heavy atom. The number of hydrogen-bond acceptors (Lipinski definition) is 6. The van der Waals surface area contributed by atoms with Crippen LogP contribution in [0.25, 0.3) is 0 Å². The predicted octanol–water partition coefficient (Wildman–Crippen LogP) is 5.02. The third-order valence-corrected chi connectivity index (χ3v) is 5.52. The fraction of sp³-hybridized carbons (Fsp3) is 0.750. The van der Waals surface area contributed by atoms with E-state index < -0.39 is 0 Å². The maximum absolute atomic E-state index is 6.33. The first kappa shape index (κ1) is 26.4. The minimum Gasteiger partial charge on any atom is -0.487 e. The minimum atomic E-state index is -0.00856. The molecule has 1 heterocycles. The van der Waals surface area contributed by atoms with Crippen LogP contribution in [-0.4, -0.2) is 70.9 Å². The number of halogens is 1. The molecule has 0 aliphatic carbocycles. The smallest absolute Gasteiger partial charge is 0.161 e. The van der Waals surface area contributed by atoms with Crippen LogP contribution in [0.3, 0.4) is 0 Å². The summed E-state index contributed by atoms with van der Waals surface area (Å²) in [7, 11) is 0. The molecule has 2 rings (SSSR count). The molecule has 178 valence electrons. The molecule has 0 fully saturated rings. The van der Waals surface area contributed by atoms with Gasteiger partial charge in [-0.05, 0) is 31.4 Å². The Labute approximate surface area is 196 Å². The molecule has 0 saturated heterocycles. The van der Waals surface area contributed by atoms with Crippen molar-refractivity contribution in [3.05, 3.63) is 24.3 Å². The third kappa shape index (κ3) is 13.3. The maximum Gasteiger partial charge on any atom is 0.161 e. The second-order valence-corrected chi connectivity index (χ2v) is 8.34. The molecule has 1 aliphatic rings. The van der Waals surface area contributed by atoms with Crippen molar-refractivity contribution in [1.82, 2.24) is 0 Å². The van der Waals surface area contributed by atoms with Gasteiger partial charge in [-0.15, -0.1) is 0 Å². The van der Waals surface area contributed by atoms with E-state index in [4.69, 9.17) is 28.4 Å². The first-order valence-electron chi connectivity index (χ1n) is 11.7. The van der Waals surface area contributed by atoms with Gasteiger partial charge in [-0.25, -0.2) is 0 Å². The number of ether oxygens (including phenoxy) is 6. The number of rotatable bonds is 8. The van der Waals surface area contributed by atoms with Crippen LogP contribution in [0.4, 0.5) is 0 Å². The number of fused-ring (bicyclic) bond motifs is 1. The summed E-state index contributed by atoms with van der Waals surface area (Å²) in [4.78, 5) is 0. The highest BCUT2D eigenvalue weighted by Gasteiger charge is 2.14. The van der Waals surface area contributed by atoms with Crippen LogP contribution >= 0.6 is 15.9 Å². The average molecular weight is 503 g/mol. The summed E-state index contributed by atoms with van der Waals surface area (Å²) in [6, 6.07) is 7.82. The summed E-state index contributed by atoms with van der Waals surface area (Å²) >= 11 is 3.50. The quantitative estimate of drug-likeness (QED) is 0.367. The summed E-state index contributed by atoms with van der Waals surface area (Å²) in [5.74, 6) is 1.50. The Morgan fingerprint density at radius 3 is 1.87 bits per heavy atom. The van der Waals surface area contributed by atoms with Gasteiger partial charge in [0.05, 0.1) is 52.9 Å². The normalized spacial score (nSPS) is 20.0. The molecule has 1 aromatic rings. The molecule has 0 bridgehead atoms. The van der Waals surface area contributed by atoms with Crippen LogP contribution in [0, 0.1) is 0 Å². The topological polar surface area (TPSA) is 55.4 Å². The molecule has 0 spiro atoms. The number of benzene rings is 1. The highest BCUT2D eigenvalue weighted by atomic mass is 79.9. The molecule has 1 atom stereocenters. The molecule has 0 amide bonds. The SMILES string of the molecule is BrCCCCCCCCC1COCCOCCOCCOCCOc2ccccc2O1. The average Bonchev–Trinajstić information content (AvgIpc) is 2.78. The maximum atomic E-state index is 6.33. The van der Waals surface area contributed by atoms with E-state index in [0.29, 0.717) is 59.5 Å². The molecule has 0 N–H and O–H groups in total. The van der Waals surface area contributed by atoms with Crippen LogP contribution in [0.1, 0.15) is 44.9 Å². The zero-order valence-electron chi connectivity index (χ0n) is 18.7. The number of alkyl halides is 1. The monoisotopic (exact) mass is 502 g/mol. The summed E-state index contributed by atoms with van der Waals surface area (Å²) < 4.78 is 34.7. The first-order valence-corrected chi connectivity index (χ1v) is 12.8. The van der Waals surface area contributed by atoms with E-state index in [-0.39, 0.29) is 6.10 Å². The van der Waals surface area contributed by atoms with Crippen molar-refractivity contribution in [2.45, 2.75) is 51.0 Å². The van der Waals surface area contributed by atoms with E-state index in [1.165, 1.54) is 32.1 Å². The number of hydrogen-bond donors (Lipinski definition) is 0. The summed E-state index contributed by atoms with van der Waals surface area (Å²) in [5.41, 5.74) is 0. The molecular weight excluding hydrogens is 464 g/mol. The molecule has 1 aromatic carbocycles. The predicted molar refractivity (Wildman–Crippen MR) is 126 cm³/mol. The van der Waals surface area contributed by atoms with E-state index in [1.807, 2.05) is 24.3 Å². The Morgan fingerprint density at radius 1 is 0.645 bits per heavy atom. The van der Waals surface area contributed by atoms with Gasteiger partial charge in [0.2, 0.25) is 0 Å². The van der Waals surface area contributed by atoms with Crippen molar-refractivity contribution in [3.63, 3.8) is 0 Å². The van der Waals surface area contributed by atoms with Gasteiger partial charge in [-0.2, -0.15) is 0 Å². The van der Waals surface area contributed by atoms with Crippen molar-refractivity contribution in [2.75, 3.05) is 64.8 Å². The van der Waals surface area contributed by atoms with Gasteiger partial charge in [-0.1, -0.05) is 53.7 Å². The lowest BCUT2D eigenvalue weighted by molar-refractivity contribution is -0.0181. The fourth-order valence-electron chi connectivity index (χ4n) is 3.28. The zero-order valence-corrected chi connectivity index (χ0v) is 20.3. The molecule has 1 aliphatic heterocycles. The highest BCUT2D eigenvalue weighted by molar-refractivity contribution is 9.09. The second-order valence-electron chi connectivity index (χ2n) is 7.55. The fourth-order valence-corrected chi connectivity index (χ4v) is 3.68. The van der Waals surface area contributed by atoms with Crippen LogP contribution in [0.2, 0.25) is 0 Å². The Kier molecular flexibility index (Phi) is 15.9. The Balaban J connectivity index is 1.85. The van der Waals surface area contributed by atoms with E-state index in [2.05, 4.69) is 15.9 Å². The Bertz CT molecular complexity index is 545. The highest BCUT2D eigenvalue weighted by Crippen LogP contribution is 2.28. The van der Waals surface area contributed by atoms with Crippen LogP contribution < -0.4 is 9.47 Å². The molecule has 0 saturated carbocycles. The number of unbranched alkanes of at least 4 members (excludes halogenated alkanes) is 5. The van der Waals surface area contributed by atoms with Crippen molar-refractivity contribution in [2.24, 2.45) is 0 Å². The van der Waals surface area contributed by atoms with Crippen molar-refractivity contribution >= 4 is 15.9 Å². The van der Waals surface area contributed by atoms with Gasteiger partial charge in [0.15, 0.2) is 11.5 Å². The molecular formula is C24H39BrO6. The third-order valence-electron chi connectivity index (χ3n) is 4.96. The summed E-state index contributed by atoms with van der Waals surface area (Å²) in [5, 5.41) is 1.10. The van der Waals surface area contributed by atoms with Crippen molar-refractivity contribution < 1.29 is 28.4 Å². The van der Waals surface area contributed by atoms with Gasteiger partial charge >= 0.3 is 0 Å². The molecule has 31 heavy (non-hydrogen) atoms. The molecule has 7 heteroatoms. The number of para-hydroxylation sites is 2. The van der Waals surface area contributed by atoms with Gasteiger partial charge in [0.1, 0.15) is 12.7 Å². The van der Waals surface area contributed by atoms with Gasteiger partial charge in [0.25, 0.3) is 0 Å². The van der Waals surface area contributed by atoms with Crippen LogP contribution in [0.15, 0.2) is 24.3 Å². The molecule has 0 aromatic heterocycles. The molecule has 6 nitrogen and oxygen atoms in total. The second kappa shape index (κ2) is 18.7.